The molecule has 0 saturated carbocycles. The molecule has 342 valence electrons. The van der Waals surface area contributed by atoms with Gasteiger partial charge >= 0.3 is 0 Å². The van der Waals surface area contributed by atoms with Crippen molar-refractivity contribution >= 4 is 28.0 Å². The van der Waals surface area contributed by atoms with E-state index in [0.717, 1.165) is 129 Å². The number of aromatic nitrogens is 5. The monoisotopic (exact) mass is 925 g/mol. The maximum atomic E-state index is 6.77. The average molecular weight is 926 g/mol. The molecule has 8 aromatic carbocycles. The lowest BCUT2D eigenvalue weighted by Crippen LogP contribution is -2.00. The molecule has 0 bridgehead atoms. The van der Waals surface area contributed by atoms with Gasteiger partial charge in [0, 0.05) is 49.9 Å². The molecule has 0 aliphatic carbocycles. The van der Waals surface area contributed by atoms with Crippen LogP contribution in [0.5, 0.6) is 0 Å². The number of pyridine rings is 1. The lowest BCUT2D eigenvalue weighted by Gasteiger charge is -2.15. The normalized spacial score (nSPS) is 11.5. The summed E-state index contributed by atoms with van der Waals surface area (Å²) in [5.41, 5.74) is 18.6. The van der Waals surface area contributed by atoms with Crippen molar-refractivity contribution in [2.45, 2.75) is 20.3 Å². The zero-order valence-electron chi connectivity index (χ0n) is 39.9. The number of para-hydroxylation sites is 1. The standard InChI is InChI=1S/C66H47N5O/c1-3-19-56-54(4-2)64-62(55-28-17-18-29-61(55)72-64)63(67-56)53-39-51(59-41-57(68-65(70-59)49-24-13-7-14-25-49)47-34-30-45(31-35-47)43-20-9-5-10-21-43)38-52(40-53)60-42-58(69-66(71-60)50-26-15-8-16-27-50)48-36-32-46(33-37-48)44-22-11-6-12-23-44/h3,5-42H,4H2,1-2H3/b19-3-. The van der Waals surface area contributed by atoms with Crippen LogP contribution in [0.15, 0.2) is 235 Å². The summed E-state index contributed by atoms with van der Waals surface area (Å²) in [6.45, 7) is 4.19. The molecule has 72 heavy (non-hydrogen) atoms. The van der Waals surface area contributed by atoms with Gasteiger partial charge in [-0.25, -0.2) is 24.9 Å². The molecule has 0 atom stereocenters. The zero-order valence-corrected chi connectivity index (χ0v) is 39.9. The fourth-order valence-electron chi connectivity index (χ4n) is 9.61. The second-order valence-corrected chi connectivity index (χ2v) is 17.8. The highest BCUT2D eigenvalue weighted by atomic mass is 16.3. The van der Waals surface area contributed by atoms with Crippen LogP contribution in [0.2, 0.25) is 0 Å². The van der Waals surface area contributed by atoms with Crippen molar-refractivity contribution in [3.63, 3.8) is 0 Å². The van der Waals surface area contributed by atoms with Crippen molar-refractivity contribution in [1.82, 2.24) is 24.9 Å². The third-order valence-corrected chi connectivity index (χ3v) is 13.2. The van der Waals surface area contributed by atoms with Crippen molar-refractivity contribution in [3.05, 3.63) is 242 Å². The van der Waals surface area contributed by atoms with Gasteiger partial charge in [-0.1, -0.05) is 201 Å². The maximum absolute atomic E-state index is 6.77. The molecule has 0 aliphatic rings. The van der Waals surface area contributed by atoms with Gasteiger partial charge in [0.25, 0.3) is 0 Å². The number of rotatable bonds is 11. The van der Waals surface area contributed by atoms with E-state index in [9.17, 15) is 0 Å². The minimum atomic E-state index is 0.626. The predicted molar refractivity (Wildman–Crippen MR) is 296 cm³/mol. The van der Waals surface area contributed by atoms with E-state index in [1.165, 1.54) is 0 Å². The molecule has 0 fully saturated rings. The Kier molecular flexibility index (Phi) is 11.7. The van der Waals surface area contributed by atoms with Crippen molar-refractivity contribution in [3.8, 4) is 101 Å². The van der Waals surface area contributed by atoms with Gasteiger partial charge in [0.05, 0.1) is 39.5 Å². The Labute approximate surface area is 418 Å². The quantitative estimate of drug-likeness (QED) is 0.129. The molecule has 0 radical (unpaired) electrons. The smallest absolute Gasteiger partial charge is 0.160 e. The van der Waals surface area contributed by atoms with Crippen LogP contribution in [-0.4, -0.2) is 24.9 Å². The molecule has 4 heterocycles. The van der Waals surface area contributed by atoms with Gasteiger partial charge < -0.3 is 4.42 Å². The summed E-state index contributed by atoms with van der Waals surface area (Å²) in [6.07, 6.45) is 4.88. The molecule has 0 amide bonds. The van der Waals surface area contributed by atoms with Crippen LogP contribution in [0.3, 0.4) is 0 Å². The van der Waals surface area contributed by atoms with Crippen LogP contribution in [0, 0.1) is 0 Å². The Balaban J connectivity index is 1.11. The van der Waals surface area contributed by atoms with E-state index in [-0.39, 0.29) is 0 Å². The third-order valence-electron chi connectivity index (χ3n) is 13.2. The molecule has 0 saturated heterocycles. The molecular weight excluding hydrogens is 879 g/mol. The second kappa shape index (κ2) is 19.2. The lowest BCUT2D eigenvalue weighted by molar-refractivity contribution is 0.662. The zero-order chi connectivity index (χ0) is 48.4. The van der Waals surface area contributed by atoms with E-state index >= 15 is 0 Å². The molecular formula is C66H47N5O. The van der Waals surface area contributed by atoms with E-state index < -0.39 is 0 Å². The first kappa shape index (κ1) is 43.9. The van der Waals surface area contributed by atoms with Crippen LogP contribution in [0.4, 0.5) is 0 Å². The molecule has 0 unspecified atom stereocenters. The minimum absolute atomic E-state index is 0.626. The van der Waals surface area contributed by atoms with Crippen LogP contribution in [0.1, 0.15) is 25.1 Å². The lowest BCUT2D eigenvalue weighted by atomic mass is 9.94. The second-order valence-electron chi connectivity index (χ2n) is 17.8. The van der Waals surface area contributed by atoms with Crippen molar-refractivity contribution in [1.29, 1.82) is 0 Å². The summed E-state index contributed by atoms with van der Waals surface area (Å²) in [4.78, 5) is 26.8. The molecule has 0 N–H and O–H groups in total. The summed E-state index contributed by atoms with van der Waals surface area (Å²) >= 11 is 0. The Morgan fingerprint density at radius 3 is 1.22 bits per heavy atom. The molecule has 6 nitrogen and oxygen atoms in total. The van der Waals surface area contributed by atoms with Gasteiger partial charge in [-0.05, 0) is 78.1 Å². The average Bonchev–Trinajstić information content (AvgIpc) is 3.85. The summed E-state index contributed by atoms with van der Waals surface area (Å²) in [5.74, 6) is 1.25. The van der Waals surface area contributed by atoms with Crippen molar-refractivity contribution in [2.75, 3.05) is 0 Å². The number of hydrogen-bond acceptors (Lipinski definition) is 6. The maximum Gasteiger partial charge on any atom is 0.160 e. The number of fused-ring (bicyclic) bond motifs is 3. The SMILES string of the molecule is C/C=C\c1nc(-c2cc(-c3cc(-c4ccc(-c5ccccc5)cc4)nc(-c4ccccc4)n3)cc(-c3cc(-c4ccc(-c5ccccc5)cc4)nc(-c4ccccc4)n3)c2)c2c(oc3ccccc32)c1CC. The largest absolute Gasteiger partial charge is 0.456 e. The van der Waals surface area contributed by atoms with E-state index in [4.69, 9.17) is 29.3 Å². The number of allylic oxidation sites excluding steroid dienone is 1. The Bertz CT molecular complexity index is 3740. The highest BCUT2D eigenvalue weighted by Gasteiger charge is 2.23. The number of aryl methyl sites for hydroxylation is 1. The van der Waals surface area contributed by atoms with Crippen LogP contribution >= 0.6 is 0 Å². The number of furan rings is 1. The first-order valence-corrected chi connectivity index (χ1v) is 24.4. The molecule has 6 heteroatoms. The van der Waals surface area contributed by atoms with Crippen LogP contribution in [0.25, 0.3) is 129 Å². The predicted octanol–water partition coefficient (Wildman–Crippen LogP) is 17.2. The summed E-state index contributed by atoms with van der Waals surface area (Å²) in [5, 5.41) is 1.98. The molecule has 4 aromatic heterocycles. The van der Waals surface area contributed by atoms with Gasteiger partial charge in [0.15, 0.2) is 11.6 Å². The Hall–Kier alpha value is -9.39. The number of hydrogen-bond donors (Lipinski definition) is 0. The van der Waals surface area contributed by atoms with Crippen molar-refractivity contribution in [2.24, 2.45) is 0 Å². The topological polar surface area (TPSA) is 77.6 Å². The molecule has 0 aliphatic heterocycles. The Morgan fingerprint density at radius 2 is 0.764 bits per heavy atom. The Morgan fingerprint density at radius 1 is 0.375 bits per heavy atom. The summed E-state index contributed by atoms with van der Waals surface area (Å²) in [6, 6.07) is 77.6. The van der Waals surface area contributed by atoms with Crippen LogP contribution < -0.4 is 0 Å². The first-order chi connectivity index (χ1) is 35.6. The number of nitrogens with zero attached hydrogens (tertiary/aromatic N) is 5. The van der Waals surface area contributed by atoms with E-state index in [0.29, 0.717) is 11.6 Å². The first-order valence-electron chi connectivity index (χ1n) is 24.4. The molecule has 0 spiro atoms. The molecule has 12 aromatic rings. The fourth-order valence-corrected chi connectivity index (χ4v) is 9.61. The third kappa shape index (κ3) is 8.56. The van der Waals surface area contributed by atoms with E-state index in [1.54, 1.807) is 0 Å². The fraction of sp³-hybridized carbons (Fsp3) is 0.0455. The van der Waals surface area contributed by atoms with Gasteiger partial charge in [-0.3, -0.25) is 0 Å². The van der Waals surface area contributed by atoms with Crippen molar-refractivity contribution < 1.29 is 4.42 Å². The summed E-state index contributed by atoms with van der Waals surface area (Å²) in [7, 11) is 0. The highest BCUT2D eigenvalue weighted by Crippen LogP contribution is 2.42. The summed E-state index contributed by atoms with van der Waals surface area (Å²) < 4.78 is 6.77. The molecule has 12 rings (SSSR count). The van der Waals surface area contributed by atoms with Gasteiger partial charge in [0.2, 0.25) is 0 Å². The van der Waals surface area contributed by atoms with E-state index in [2.05, 4.69) is 177 Å². The number of benzene rings is 8. The highest BCUT2D eigenvalue weighted by molar-refractivity contribution is 6.13. The van der Waals surface area contributed by atoms with Gasteiger partial charge in [0.1, 0.15) is 11.2 Å². The van der Waals surface area contributed by atoms with E-state index in [1.807, 2.05) is 73.7 Å². The van der Waals surface area contributed by atoms with Gasteiger partial charge in [-0.15, -0.1) is 0 Å². The van der Waals surface area contributed by atoms with Gasteiger partial charge in [-0.2, -0.15) is 0 Å². The minimum Gasteiger partial charge on any atom is -0.456 e. The van der Waals surface area contributed by atoms with Crippen LogP contribution in [-0.2, 0) is 6.42 Å².